The van der Waals surface area contributed by atoms with Gasteiger partial charge in [-0.25, -0.2) is 4.98 Å². The average Bonchev–Trinajstić information content (AvgIpc) is 2.81. The van der Waals surface area contributed by atoms with Crippen LogP contribution >= 0.6 is 11.3 Å². The molecule has 1 aromatic heterocycles. The summed E-state index contributed by atoms with van der Waals surface area (Å²) in [7, 11) is 0. The van der Waals surface area contributed by atoms with Crippen LogP contribution in [0.1, 0.15) is 23.0 Å². The summed E-state index contributed by atoms with van der Waals surface area (Å²) >= 11 is 1.23. The van der Waals surface area contributed by atoms with Crippen LogP contribution in [0, 0.1) is 6.92 Å². The number of hydrogen-bond donors (Lipinski definition) is 2. The van der Waals surface area contributed by atoms with Crippen LogP contribution in [0.25, 0.3) is 0 Å². The molecule has 1 heterocycles. The average molecular weight is 277 g/mol. The first kappa shape index (κ1) is 13.4. The van der Waals surface area contributed by atoms with Crippen LogP contribution in [-0.4, -0.2) is 22.5 Å². The summed E-state index contributed by atoms with van der Waals surface area (Å²) in [6.07, 6.45) is 0. The fourth-order valence-electron chi connectivity index (χ4n) is 1.84. The van der Waals surface area contributed by atoms with E-state index < -0.39 is 0 Å². The van der Waals surface area contributed by atoms with Crippen molar-refractivity contribution in [2.24, 2.45) is 0 Å². The van der Waals surface area contributed by atoms with Crippen molar-refractivity contribution in [2.75, 3.05) is 17.2 Å². The normalized spacial score (nSPS) is 10.4. The summed E-state index contributed by atoms with van der Waals surface area (Å²) < 4.78 is 0. The minimum atomic E-state index is -0.218. The molecule has 5 nitrogen and oxygen atoms in total. The molecule has 0 spiro atoms. The molecule has 2 aromatic rings. The smallest absolute Gasteiger partial charge is 0.277 e. The Labute approximate surface area is 115 Å². The van der Waals surface area contributed by atoms with Gasteiger partial charge < -0.3 is 15.7 Å². The number of hydrogen-bond acceptors (Lipinski definition) is 5. The minimum absolute atomic E-state index is 0.129. The summed E-state index contributed by atoms with van der Waals surface area (Å²) in [5, 5.41) is 11.6. The molecule has 0 saturated carbocycles. The Morgan fingerprint density at radius 2 is 2.26 bits per heavy atom. The number of aromatic nitrogens is 1. The number of phenolic OH excluding ortho intramolecular Hbond substituents is 1. The van der Waals surface area contributed by atoms with E-state index in [0.717, 1.165) is 5.56 Å². The van der Waals surface area contributed by atoms with Gasteiger partial charge in [-0.15, -0.1) is 11.3 Å². The summed E-state index contributed by atoms with van der Waals surface area (Å²) in [4.78, 5) is 18.0. The first-order valence-electron chi connectivity index (χ1n) is 5.85. The molecule has 1 aromatic carbocycles. The van der Waals surface area contributed by atoms with E-state index in [1.165, 1.54) is 11.3 Å². The third kappa shape index (κ3) is 2.68. The maximum absolute atomic E-state index is 12.4. The number of rotatable bonds is 3. The van der Waals surface area contributed by atoms with Crippen LogP contribution < -0.4 is 10.6 Å². The van der Waals surface area contributed by atoms with E-state index in [-0.39, 0.29) is 11.7 Å². The Hall–Kier alpha value is -2.08. The van der Waals surface area contributed by atoms with Crippen molar-refractivity contribution in [3.05, 3.63) is 34.8 Å². The van der Waals surface area contributed by atoms with Crippen molar-refractivity contribution in [1.29, 1.82) is 0 Å². The number of nitrogens with zero attached hydrogens (tertiary/aromatic N) is 2. The number of nitrogens with two attached hydrogens (primary N) is 1. The number of phenols is 1. The van der Waals surface area contributed by atoms with Gasteiger partial charge in [0.25, 0.3) is 5.91 Å². The van der Waals surface area contributed by atoms with Crippen molar-refractivity contribution < 1.29 is 9.90 Å². The molecule has 3 N–H and O–H groups in total. The molecule has 0 aliphatic carbocycles. The standard InChI is InChI=1S/C13H15N3O2S/c1-3-16(11-6-9(17)5-4-8(11)2)12(18)10-7-19-13(14)15-10/h4-7,17H,3H2,1-2H3,(H2,14,15). The van der Waals surface area contributed by atoms with E-state index in [1.54, 1.807) is 28.5 Å². The molecule has 1 amide bonds. The molecule has 0 aliphatic rings. The molecule has 0 bridgehead atoms. The van der Waals surface area contributed by atoms with E-state index in [9.17, 15) is 9.90 Å². The first-order chi connectivity index (χ1) is 9.02. The van der Waals surface area contributed by atoms with Gasteiger partial charge in [-0.05, 0) is 25.5 Å². The van der Waals surface area contributed by atoms with Crippen LogP contribution in [0.3, 0.4) is 0 Å². The lowest BCUT2D eigenvalue weighted by atomic mass is 10.1. The van der Waals surface area contributed by atoms with Gasteiger partial charge in [-0.2, -0.15) is 0 Å². The van der Waals surface area contributed by atoms with Gasteiger partial charge in [-0.3, -0.25) is 4.79 Å². The van der Waals surface area contributed by atoms with E-state index in [4.69, 9.17) is 5.73 Å². The molecule has 100 valence electrons. The number of carbonyl (C=O) groups excluding carboxylic acids is 1. The van der Waals surface area contributed by atoms with E-state index in [2.05, 4.69) is 4.98 Å². The molecule has 0 atom stereocenters. The lowest BCUT2D eigenvalue weighted by Crippen LogP contribution is -2.31. The predicted octanol–water partition coefficient (Wildman–Crippen LogP) is 2.41. The molecule has 0 radical (unpaired) electrons. The van der Waals surface area contributed by atoms with Crippen LogP contribution in [0.15, 0.2) is 23.6 Å². The van der Waals surface area contributed by atoms with Crippen molar-refractivity contribution in [3.63, 3.8) is 0 Å². The zero-order chi connectivity index (χ0) is 14.0. The second-order valence-electron chi connectivity index (χ2n) is 4.09. The zero-order valence-electron chi connectivity index (χ0n) is 10.8. The van der Waals surface area contributed by atoms with E-state index in [1.807, 2.05) is 13.8 Å². The molecule has 0 aliphatic heterocycles. The largest absolute Gasteiger partial charge is 0.508 e. The molecular formula is C13H15N3O2S. The van der Waals surface area contributed by atoms with Gasteiger partial charge in [0.2, 0.25) is 0 Å². The predicted molar refractivity (Wildman–Crippen MR) is 76.7 cm³/mol. The number of aromatic hydroxyl groups is 1. The second kappa shape index (κ2) is 5.27. The molecule has 0 saturated heterocycles. The summed E-state index contributed by atoms with van der Waals surface area (Å²) in [5.41, 5.74) is 7.47. The second-order valence-corrected chi connectivity index (χ2v) is 4.98. The maximum Gasteiger partial charge on any atom is 0.277 e. The monoisotopic (exact) mass is 277 g/mol. The number of aryl methyl sites for hydroxylation is 1. The Balaban J connectivity index is 2.39. The van der Waals surface area contributed by atoms with Gasteiger partial charge in [-0.1, -0.05) is 6.07 Å². The Kier molecular flexibility index (Phi) is 3.71. The Morgan fingerprint density at radius 1 is 1.53 bits per heavy atom. The third-order valence-electron chi connectivity index (χ3n) is 2.79. The van der Waals surface area contributed by atoms with Gasteiger partial charge in [0.15, 0.2) is 5.13 Å². The fraction of sp³-hybridized carbons (Fsp3) is 0.231. The minimum Gasteiger partial charge on any atom is -0.508 e. The van der Waals surface area contributed by atoms with Crippen molar-refractivity contribution >= 4 is 28.1 Å². The van der Waals surface area contributed by atoms with Crippen molar-refractivity contribution in [1.82, 2.24) is 4.98 Å². The maximum atomic E-state index is 12.4. The number of nitrogen functional groups attached to an aromatic ring is 1. The molecule has 0 unspecified atom stereocenters. The molecular weight excluding hydrogens is 262 g/mol. The Morgan fingerprint density at radius 3 is 2.84 bits per heavy atom. The van der Waals surface area contributed by atoms with Gasteiger partial charge in [0.05, 0.1) is 5.69 Å². The summed E-state index contributed by atoms with van der Waals surface area (Å²) in [5.74, 6) is -0.0891. The highest BCUT2D eigenvalue weighted by Gasteiger charge is 2.20. The first-order valence-corrected chi connectivity index (χ1v) is 6.73. The third-order valence-corrected chi connectivity index (χ3v) is 3.46. The van der Waals surface area contributed by atoms with E-state index >= 15 is 0 Å². The number of benzene rings is 1. The van der Waals surface area contributed by atoms with Crippen LogP contribution in [0.4, 0.5) is 10.8 Å². The van der Waals surface area contributed by atoms with Gasteiger partial charge in [0, 0.05) is 18.0 Å². The summed E-state index contributed by atoms with van der Waals surface area (Å²) in [6, 6.07) is 4.94. The number of carbonyl (C=O) groups is 1. The van der Waals surface area contributed by atoms with Gasteiger partial charge in [0.1, 0.15) is 11.4 Å². The van der Waals surface area contributed by atoms with Crippen LogP contribution in [0.5, 0.6) is 5.75 Å². The molecule has 6 heteroatoms. The van der Waals surface area contributed by atoms with Gasteiger partial charge >= 0.3 is 0 Å². The van der Waals surface area contributed by atoms with Crippen molar-refractivity contribution in [3.8, 4) is 5.75 Å². The number of amides is 1. The SMILES string of the molecule is CCN(C(=O)c1csc(N)n1)c1cc(O)ccc1C. The number of thiazole rings is 1. The summed E-state index contributed by atoms with van der Waals surface area (Å²) in [6.45, 7) is 4.25. The molecule has 0 fully saturated rings. The highest BCUT2D eigenvalue weighted by molar-refractivity contribution is 7.13. The highest BCUT2D eigenvalue weighted by Crippen LogP contribution is 2.26. The quantitative estimate of drug-likeness (QED) is 0.903. The zero-order valence-corrected chi connectivity index (χ0v) is 11.6. The lowest BCUT2D eigenvalue weighted by Gasteiger charge is -2.22. The Bertz CT molecular complexity index is 610. The molecule has 19 heavy (non-hydrogen) atoms. The molecule has 2 rings (SSSR count). The van der Waals surface area contributed by atoms with Crippen LogP contribution in [0.2, 0.25) is 0 Å². The van der Waals surface area contributed by atoms with Crippen LogP contribution in [-0.2, 0) is 0 Å². The fourth-order valence-corrected chi connectivity index (χ4v) is 2.37. The highest BCUT2D eigenvalue weighted by atomic mass is 32.1. The topological polar surface area (TPSA) is 79.5 Å². The van der Waals surface area contributed by atoms with E-state index in [0.29, 0.717) is 23.1 Å². The number of anilines is 2. The van der Waals surface area contributed by atoms with Crippen molar-refractivity contribution in [2.45, 2.75) is 13.8 Å². The lowest BCUT2D eigenvalue weighted by molar-refractivity contribution is 0.0984.